The number of nitrogens with zero attached hydrogens (tertiary/aromatic N) is 1. The van der Waals surface area contributed by atoms with Gasteiger partial charge in [-0.3, -0.25) is 4.79 Å². The lowest BCUT2D eigenvalue weighted by molar-refractivity contribution is -0.921. The molecule has 2 atom stereocenters. The Kier molecular flexibility index (Phi) is 6.46. The number of piperidine rings is 1. The molecule has 0 aliphatic carbocycles. The van der Waals surface area contributed by atoms with Crippen LogP contribution in [0, 0.1) is 12.8 Å². The summed E-state index contributed by atoms with van der Waals surface area (Å²) in [5.74, 6) is 1.48. The smallest absolute Gasteiger partial charge is 0.231 e. The van der Waals surface area contributed by atoms with Crippen LogP contribution < -0.4 is 9.64 Å². The molecule has 128 valence electrons. The molecule has 1 heterocycles. The molecule has 1 saturated heterocycles. The number of likely N-dealkylation sites (tertiary alicyclic amines) is 1. The number of carbonyl (C=O) groups excluding carboxylic acids is 1. The Morgan fingerprint density at radius 3 is 2.70 bits per heavy atom. The molecule has 1 aromatic rings. The maximum atomic E-state index is 12.6. The number of rotatable bonds is 6. The van der Waals surface area contributed by atoms with Gasteiger partial charge in [-0.15, -0.1) is 0 Å². The maximum absolute atomic E-state index is 12.6. The Hall–Kier alpha value is -1.55. The van der Waals surface area contributed by atoms with Gasteiger partial charge in [0, 0.05) is 18.7 Å². The van der Waals surface area contributed by atoms with Crippen LogP contribution in [0.25, 0.3) is 0 Å². The van der Waals surface area contributed by atoms with E-state index < -0.39 is 0 Å². The standard InChI is InChI=1S/C19H30N2O2/c1-5-21(6-2)19(22)17-8-7-11-20(14-17)13-16-9-10-18(23-4)15(3)12-16/h9-10,12,17H,5-8,11,13-14H2,1-4H3/p+1/t17-/m1/s1. The minimum atomic E-state index is 0.193. The number of nitrogens with one attached hydrogen (secondary N) is 1. The fourth-order valence-electron chi connectivity index (χ4n) is 3.66. The lowest BCUT2D eigenvalue weighted by Crippen LogP contribution is -3.12. The van der Waals surface area contributed by atoms with Crippen molar-refractivity contribution < 1.29 is 14.4 Å². The molecule has 1 fully saturated rings. The highest BCUT2D eigenvalue weighted by atomic mass is 16.5. The Morgan fingerprint density at radius 2 is 2.09 bits per heavy atom. The molecule has 0 aromatic heterocycles. The summed E-state index contributed by atoms with van der Waals surface area (Å²) in [6.45, 7) is 11.0. The highest BCUT2D eigenvalue weighted by Gasteiger charge is 2.30. The third-order valence-electron chi connectivity index (χ3n) is 4.96. The van der Waals surface area contributed by atoms with Crippen LogP contribution in [0.4, 0.5) is 0 Å². The molecule has 2 rings (SSSR count). The van der Waals surface area contributed by atoms with Gasteiger partial charge in [0.25, 0.3) is 0 Å². The topological polar surface area (TPSA) is 34.0 Å². The van der Waals surface area contributed by atoms with E-state index in [0.717, 1.165) is 51.3 Å². The molecule has 23 heavy (non-hydrogen) atoms. The van der Waals surface area contributed by atoms with Crippen molar-refractivity contribution in [3.8, 4) is 5.75 Å². The van der Waals surface area contributed by atoms with Gasteiger partial charge in [0.15, 0.2) is 0 Å². The first-order valence-corrected chi connectivity index (χ1v) is 8.84. The number of methoxy groups -OCH3 is 1. The zero-order valence-corrected chi connectivity index (χ0v) is 15.0. The highest BCUT2D eigenvalue weighted by molar-refractivity contribution is 5.78. The lowest BCUT2D eigenvalue weighted by Gasteiger charge is -2.32. The summed E-state index contributed by atoms with van der Waals surface area (Å²) in [4.78, 5) is 16.1. The van der Waals surface area contributed by atoms with Crippen LogP contribution in [-0.4, -0.2) is 44.1 Å². The summed E-state index contributed by atoms with van der Waals surface area (Å²) in [5, 5.41) is 0. The summed E-state index contributed by atoms with van der Waals surface area (Å²) in [6, 6.07) is 6.41. The second-order valence-corrected chi connectivity index (χ2v) is 6.53. The van der Waals surface area contributed by atoms with Crippen LogP contribution in [0.2, 0.25) is 0 Å². The van der Waals surface area contributed by atoms with Gasteiger partial charge in [-0.1, -0.05) is 0 Å². The van der Waals surface area contributed by atoms with E-state index in [1.54, 1.807) is 7.11 Å². The van der Waals surface area contributed by atoms with E-state index in [1.807, 2.05) is 11.0 Å². The van der Waals surface area contributed by atoms with Crippen molar-refractivity contribution >= 4 is 5.91 Å². The van der Waals surface area contributed by atoms with Crippen molar-refractivity contribution in [1.82, 2.24) is 4.90 Å². The fraction of sp³-hybridized carbons (Fsp3) is 0.632. The number of carbonyl (C=O) groups is 1. The minimum Gasteiger partial charge on any atom is -0.496 e. The average Bonchev–Trinajstić information content (AvgIpc) is 2.56. The molecule has 4 heteroatoms. The first-order chi connectivity index (χ1) is 11.1. The van der Waals surface area contributed by atoms with E-state index in [1.165, 1.54) is 16.0 Å². The zero-order valence-electron chi connectivity index (χ0n) is 15.0. The Labute approximate surface area is 140 Å². The van der Waals surface area contributed by atoms with Gasteiger partial charge < -0.3 is 14.5 Å². The van der Waals surface area contributed by atoms with Crippen molar-refractivity contribution in [1.29, 1.82) is 0 Å². The van der Waals surface area contributed by atoms with Gasteiger partial charge in [0.1, 0.15) is 12.3 Å². The number of quaternary nitrogens is 1. The van der Waals surface area contributed by atoms with Crippen molar-refractivity contribution in [3.05, 3.63) is 29.3 Å². The first-order valence-electron chi connectivity index (χ1n) is 8.84. The Morgan fingerprint density at radius 1 is 1.35 bits per heavy atom. The summed E-state index contributed by atoms with van der Waals surface area (Å²) in [5.41, 5.74) is 2.51. The summed E-state index contributed by atoms with van der Waals surface area (Å²) < 4.78 is 5.33. The molecule has 1 unspecified atom stereocenters. The quantitative estimate of drug-likeness (QED) is 0.865. The monoisotopic (exact) mass is 319 g/mol. The number of hydrogen-bond donors (Lipinski definition) is 1. The molecule has 1 aromatic carbocycles. The first kappa shape index (κ1) is 17.8. The number of hydrogen-bond acceptors (Lipinski definition) is 2. The number of amides is 1. The van der Waals surface area contributed by atoms with Crippen molar-refractivity contribution in [2.75, 3.05) is 33.3 Å². The predicted octanol–water partition coefficient (Wildman–Crippen LogP) is 1.67. The molecule has 1 N–H and O–H groups in total. The molecular weight excluding hydrogens is 288 g/mol. The number of ether oxygens (including phenoxy) is 1. The van der Waals surface area contributed by atoms with Crippen LogP contribution in [0.5, 0.6) is 5.75 Å². The van der Waals surface area contributed by atoms with Gasteiger partial charge >= 0.3 is 0 Å². The molecule has 1 amide bonds. The third-order valence-corrected chi connectivity index (χ3v) is 4.96. The Balaban J connectivity index is 1.98. The van der Waals surface area contributed by atoms with Gasteiger partial charge in [0.2, 0.25) is 5.91 Å². The number of benzene rings is 1. The van der Waals surface area contributed by atoms with Crippen molar-refractivity contribution in [2.24, 2.45) is 5.92 Å². The zero-order chi connectivity index (χ0) is 16.8. The lowest BCUT2D eigenvalue weighted by atomic mass is 9.96. The molecule has 0 spiro atoms. The van der Waals surface area contributed by atoms with Crippen molar-refractivity contribution in [2.45, 2.75) is 40.2 Å². The van der Waals surface area contributed by atoms with Crippen LogP contribution in [0.15, 0.2) is 18.2 Å². The molecular formula is C19H31N2O2+. The molecule has 0 bridgehead atoms. The second kappa shape index (κ2) is 8.34. The summed E-state index contributed by atoms with van der Waals surface area (Å²) in [7, 11) is 1.71. The van der Waals surface area contributed by atoms with Gasteiger partial charge in [-0.05, 0) is 57.4 Å². The minimum absolute atomic E-state index is 0.193. The van der Waals surface area contributed by atoms with Gasteiger partial charge in [-0.2, -0.15) is 0 Å². The average molecular weight is 319 g/mol. The van der Waals surface area contributed by atoms with E-state index in [0.29, 0.717) is 5.91 Å². The van der Waals surface area contributed by atoms with Crippen LogP contribution in [-0.2, 0) is 11.3 Å². The Bertz CT molecular complexity index is 526. The molecule has 0 radical (unpaired) electrons. The van der Waals surface area contributed by atoms with Crippen LogP contribution in [0.1, 0.15) is 37.8 Å². The molecule has 0 saturated carbocycles. The van der Waals surface area contributed by atoms with Gasteiger partial charge in [-0.25, -0.2) is 0 Å². The predicted molar refractivity (Wildman–Crippen MR) is 92.8 cm³/mol. The van der Waals surface area contributed by atoms with E-state index >= 15 is 0 Å². The fourth-order valence-corrected chi connectivity index (χ4v) is 3.66. The van der Waals surface area contributed by atoms with E-state index in [2.05, 4.69) is 32.9 Å². The van der Waals surface area contributed by atoms with E-state index in [4.69, 9.17) is 4.74 Å². The maximum Gasteiger partial charge on any atom is 0.231 e. The highest BCUT2D eigenvalue weighted by Crippen LogP contribution is 2.18. The second-order valence-electron chi connectivity index (χ2n) is 6.53. The SMILES string of the molecule is CCN(CC)C(=O)[C@@H]1CCC[NH+](Cc2ccc(OC)c(C)c2)C1. The van der Waals surface area contributed by atoms with E-state index in [9.17, 15) is 4.79 Å². The van der Waals surface area contributed by atoms with Gasteiger partial charge in [0.05, 0.1) is 26.1 Å². The summed E-state index contributed by atoms with van der Waals surface area (Å²) in [6.07, 6.45) is 2.18. The summed E-state index contributed by atoms with van der Waals surface area (Å²) >= 11 is 0. The molecule has 1 aliphatic heterocycles. The van der Waals surface area contributed by atoms with Crippen LogP contribution in [0.3, 0.4) is 0 Å². The largest absolute Gasteiger partial charge is 0.496 e. The normalized spacial score (nSPS) is 21.0. The van der Waals surface area contributed by atoms with Crippen LogP contribution >= 0.6 is 0 Å². The molecule has 1 aliphatic rings. The number of aryl methyl sites for hydroxylation is 1. The third kappa shape index (κ3) is 4.47. The molecule has 4 nitrogen and oxygen atoms in total. The van der Waals surface area contributed by atoms with Crippen molar-refractivity contribution in [3.63, 3.8) is 0 Å². The van der Waals surface area contributed by atoms with E-state index in [-0.39, 0.29) is 5.92 Å².